The van der Waals surface area contributed by atoms with E-state index in [2.05, 4.69) is 20.7 Å². The highest BCUT2D eigenvalue weighted by Crippen LogP contribution is 2.28. The van der Waals surface area contributed by atoms with Gasteiger partial charge in [0, 0.05) is 29.8 Å². The first kappa shape index (κ1) is 26.1. The van der Waals surface area contributed by atoms with Crippen LogP contribution in [0.25, 0.3) is 5.69 Å². The molecule has 0 aliphatic carbocycles. The number of nitrogens with one attached hydrogen (secondary N) is 2. The number of methoxy groups -OCH3 is 1. The third kappa shape index (κ3) is 6.06. The lowest BCUT2D eigenvalue weighted by atomic mass is 9.92. The first-order chi connectivity index (χ1) is 18.0. The molecule has 38 heavy (non-hydrogen) atoms. The van der Waals surface area contributed by atoms with E-state index < -0.39 is 17.8 Å². The zero-order chi connectivity index (χ0) is 27.4. The predicted octanol–water partition coefficient (Wildman–Crippen LogP) is 5.25. The van der Waals surface area contributed by atoms with E-state index in [4.69, 9.17) is 15.2 Å². The third-order valence-electron chi connectivity index (χ3n) is 5.44. The van der Waals surface area contributed by atoms with Crippen molar-refractivity contribution in [3.05, 3.63) is 84.1 Å². The van der Waals surface area contributed by atoms with Crippen LogP contribution in [0.5, 0.6) is 17.2 Å². The molecule has 3 amide bonds. The van der Waals surface area contributed by atoms with E-state index in [-0.39, 0.29) is 28.3 Å². The first-order valence-corrected chi connectivity index (χ1v) is 11.6. The summed E-state index contributed by atoms with van der Waals surface area (Å²) in [4.78, 5) is 28.0. The van der Waals surface area contributed by atoms with Gasteiger partial charge in [-0.15, -0.1) is 0 Å². The largest absolute Gasteiger partial charge is 0.497 e. The molecule has 0 spiro atoms. The van der Waals surface area contributed by atoms with Crippen molar-refractivity contribution in [2.24, 2.45) is 5.73 Å². The number of carbonyl (C=O) groups is 2. The highest BCUT2D eigenvalue weighted by Gasteiger charge is 2.22. The number of carbonyl (C=O) groups excluding carboxylic acids is 2. The molecule has 11 heteroatoms. The van der Waals surface area contributed by atoms with Crippen LogP contribution in [0.1, 0.15) is 37.0 Å². The van der Waals surface area contributed by atoms with Crippen LogP contribution in [-0.4, -0.2) is 33.8 Å². The number of ether oxygens (including phenoxy) is 2. The maximum absolute atomic E-state index is 14.8. The molecule has 4 aromatic rings. The van der Waals surface area contributed by atoms with Crippen molar-refractivity contribution < 1.29 is 23.5 Å². The maximum atomic E-state index is 14.8. The summed E-state index contributed by atoms with van der Waals surface area (Å²) >= 11 is 0. The number of rotatable bonds is 7. The van der Waals surface area contributed by atoms with Gasteiger partial charge in [0.2, 0.25) is 0 Å². The fourth-order valence-electron chi connectivity index (χ4n) is 3.43. The van der Waals surface area contributed by atoms with Gasteiger partial charge in [0.05, 0.1) is 24.2 Å². The Morgan fingerprint density at radius 3 is 2.26 bits per heavy atom. The number of anilines is 2. The van der Waals surface area contributed by atoms with E-state index in [0.29, 0.717) is 17.3 Å². The quantitative estimate of drug-likeness (QED) is 0.306. The standard InChI is InChI=1S/C27H27FN6O4/c1-27(2,3)23-15-24(34(33-23)16-5-7-17(37-4)8-6-16)32-26(36)31-21-10-9-18(13-20(21)28)38-19-11-12-30-22(14-19)25(29)35/h5-15H,1-4H3,(H2,29,35)(H2,31,32,36). The molecule has 0 aliphatic rings. The molecule has 0 aliphatic heterocycles. The zero-order valence-corrected chi connectivity index (χ0v) is 21.3. The second kappa shape index (κ2) is 10.6. The van der Waals surface area contributed by atoms with E-state index >= 15 is 0 Å². The Kier molecular flexibility index (Phi) is 7.28. The molecule has 0 saturated heterocycles. The van der Waals surface area contributed by atoms with Crippen molar-refractivity contribution in [1.82, 2.24) is 14.8 Å². The lowest BCUT2D eigenvalue weighted by Crippen LogP contribution is -2.22. The van der Waals surface area contributed by atoms with Gasteiger partial charge in [0.25, 0.3) is 5.91 Å². The molecule has 0 fully saturated rings. The summed E-state index contributed by atoms with van der Waals surface area (Å²) in [5, 5.41) is 9.92. The Balaban J connectivity index is 1.51. The fourth-order valence-corrected chi connectivity index (χ4v) is 3.43. The van der Waals surface area contributed by atoms with Gasteiger partial charge in [-0.25, -0.2) is 13.9 Å². The monoisotopic (exact) mass is 518 g/mol. The molecule has 0 unspecified atom stereocenters. The second-order valence-electron chi connectivity index (χ2n) is 9.34. The number of amides is 3. The highest BCUT2D eigenvalue weighted by molar-refractivity contribution is 5.99. The molecular formula is C27H27FN6O4. The molecule has 0 radical (unpaired) electrons. The van der Waals surface area contributed by atoms with Crippen LogP contribution in [0, 0.1) is 5.82 Å². The normalized spacial score (nSPS) is 11.1. The molecule has 0 bridgehead atoms. The number of hydrogen-bond acceptors (Lipinski definition) is 6. The molecule has 4 N–H and O–H groups in total. The Bertz CT molecular complexity index is 1480. The molecule has 0 atom stereocenters. The minimum atomic E-state index is -0.721. The number of benzene rings is 2. The van der Waals surface area contributed by atoms with Gasteiger partial charge in [-0.3, -0.25) is 15.1 Å². The maximum Gasteiger partial charge on any atom is 0.324 e. The molecule has 2 heterocycles. The van der Waals surface area contributed by atoms with Crippen molar-refractivity contribution >= 4 is 23.4 Å². The summed E-state index contributed by atoms with van der Waals surface area (Å²) in [5.74, 6) is 0.0665. The van der Waals surface area contributed by atoms with E-state index in [1.807, 2.05) is 32.9 Å². The van der Waals surface area contributed by atoms with Crippen LogP contribution in [0.2, 0.25) is 0 Å². The van der Waals surface area contributed by atoms with Crippen molar-refractivity contribution in [2.45, 2.75) is 26.2 Å². The summed E-state index contributed by atoms with van der Waals surface area (Å²) in [6.45, 7) is 6.03. The fraction of sp³-hybridized carbons (Fsp3) is 0.185. The molecule has 4 rings (SSSR count). The average Bonchev–Trinajstić information content (AvgIpc) is 3.30. The van der Waals surface area contributed by atoms with Crippen LogP contribution < -0.4 is 25.8 Å². The van der Waals surface area contributed by atoms with E-state index in [1.165, 1.54) is 30.5 Å². The van der Waals surface area contributed by atoms with E-state index in [1.54, 1.807) is 30.0 Å². The number of aromatic nitrogens is 3. The number of pyridine rings is 1. The van der Waals surface area contributed by atoms with Gasteiger partial charge < -0.3 is 20.5 Å². The van der Waals surface area contributed by atoms with Crippen LogP contribution in [-0.2, 0) is 5.41 Å². The van der Waals surface area contributed by atoms with Crippen molar-refractivity contribution in [3.63, 3.8) is 0 Å². The van der Waals surface area contributed by atoms with Crippen LogP contribution >= 0.6 is 0 Å². The number of halogens is 1. The van der Waals surface area contributed by atoms with E-state index in [9.17, 15) is 14.0 Å². The van der Waals surface area contributed by atoms with Crippen molar-refractivity contribution in [3.8, 4) is 22.9 Å². The Hall–Kier alpha value is -4.93. The SMILES string of the molecule is COc1ccc(-n2nc(C(C)(C)C)cc2NC(=O)Nc2ccc(Oc3ccnc(C(N)=O)c3)cc2F)cc1. The molecule has 2 aromatic carbocycles. The zero-order valence-electron chi connectivity index (χ0n) is 21.3. The van der Waals surface area contributed by atoms with Gasteiger partial charge in [-0.1, -0.05) is 20.8 Å². The van der Waals surface area contributed by atoms with Gasteiger partial charge in [-0.2, -0.15) is 5.10 Å². The number of urea groups is 1. The summed E-state index contributed by atoms with van der Waals surface area (Å²) in [5.41, 5.74) is 6.36. The minimum Gasteiger partial charge on any atom is -0.497 e. The predicted molar refractivity (Wildman–Crippen MR) is 141 cm³/mol. The second-order valence-corrected chi connectivity index (χ2v) is 9.34. The number of hydrogen-bond donors (Lipinski definition) is 3. The molecule has 10 nitrogen and oxygen atoms in total. The van der Waals surface area contributed by atoms with Gasteiger partial charge in [0.1, 0.15) is 34.6 Å². The Morgan fingerprint density at radius 2 is 1.63 bits per heavy atom. The summed E-state index contributed by atoms with van der Waals surface area (Å²) in [7, 11) is 1.58. The lowest BCUT2D eigenvalue weighted by molar-refractivity contribution is 0.0995. The van der Waals surface area contributed by atoms with Crippen LogP contribution in [0.3, 0.4) is 0 Å². The molecule has 196 valence electrons. The minimum absolute atomic E-state index is 0.0152. The smallest absolute Gasteiger partial charge is 0.324 e. The molecule has 2 aromatic heterocycles. The number of nitrogens with zero attached hydrogens (tertiary/aromatic N) is 3. The average molecular weight is 519 g/mol. The highest BCUT2D eigenvalue weighted by atomic mass is 19.1. The number of nitrogens with two attached hydrogens (primary N) is 1. The van der Waals surface area contributed by atoms with E-state index in [0.717, 1.165) is 11.8 Å². The van der Waals surface area contributed by atoms with Gasteiger partial charge in [-0.05, 0) is 42.5 Å². The Labute approximate surface area is 218 Å². The summed E-state index contributed by atoms with van der Waals surface area (Å²) in [6.07, 6.45) is 1.35. The molecular weight excluding hydrogens is 491 g/mol. The van der Waals surface area contributed by atoms with Crippen molar-refractivity contribution in [1.29, 1.82) is 0 Å². The summed E-state index contributed by atoms with van der Waals surface area (Å²) < 4.78 is 27.2. The van der Waals surface area contributed by atoms with Gasteiger partial charge in [0.15, 0.2) is 0 Å². The Morgan fingerprint density at radius 1 is 0.947 bits per heavy atom. The van der Waals surface area contributed by atoms with Gasteiger partial charge >= 0.3 is 6.03 Å². The van der Waals surface area contributed by atoms with Crippen molar-refractivity contribution in [2.75, 3.05) is 17.7 Å². The number of primary amides is 1. The van der Waals surface area contributed by atoms with Crippen LogP contribution in [0.4, 0.5) is 20.7 Å². The van der Waals surface area contributed by atoms with Crippen LogP contribution in [0.15, 0.2) is 66.9 Å². The lowest BCUT2D eigenvalue weighted by Gasteiger charge is -2.14. The first-order valence-electron chi connectivity index (χ1n) is 11.6. The molecule has 0 saturated carbocycles. The third-order valence-corrected chi connectivity index (χ3v) is 5.44. The topological polar surface area (TPSA) is 133 Å². The summed E-state index contributed by atoms with van der Waals surface area (Å²) in [6, 6.07) is 15.1.